The van der Waals surface area contributed by atoms with Gasteiger partial charge in [-0.3, -0.25) is 4.79 Å². The zero-order valence-corrected chi connectivity index (χ0v) is 12.3. The van der Waals surface area contributed by atoms with Gasteiger partial charge in [0.25, 0.3) is 0 Å². The quantitative estimate of drug-likeness (QED) is 0.768. The third kappa shape index (κ3) is 3.20. The SMILES string of the molecule is CC(C)(c1ccccc1)C(C=O)Oc1ccc(Cl)cc1. The van der Waals surface area contributed by atoms with E-state index in [0.29, 0.717) is 10.8 Å². The first-order chi connectivity index (χ1) is 9.54. The van der Waals surface area contributed by atoms with Crippen molar-refractivity contribution in [3.05, 3.63) is 65.2 Å². The fourth-order valence-electron chi connectivity index (χ4n) is 2.04. The Kier molecular flexibility index (Phi) is 4.46. The molecule has 3 heteroatoms. The van der Waals surface area contributed by atoms with Crippen LogP contribution in [-0.2, 0) is 10.2 Å². The van der Waals surface area contributed by atoms with Crippen LogP contribution in [-0.4, -0.2) is 12.4 Å². The van der Waals surface area contributed by atoms with Crippen LogP contribution in [0, 0.1) is 0 Å². The summed E-state index contributed by atoms with van der Waals surface area (Å²) < 4.78 is 5.81. The lowest BCUT2D eigenvalue weighted by molar-refractivity contribution is -0.116. The summed E-state index contributed by atoms with van der Waals surface area (Å²) in [5, 5.41) is 0.641. The van der Waals surface area contributed by atoms with Crippen LogP contribution in [0.1, 0.15) is 19.4 Å². The van der Waals surface area contributed by atoms with E-state index in [1.165, 1.54) is 0 Å². The monoisotopic (exact) mass is 288 g/mol. The molecule has 1 unspecified atom stereocenters. The van der Waals surface area contributed by atoms with E-state index in [0.717, 1.165) is 11.8 Å². The van der Waals surface area contributed by atoms with Crippen LogP contribution in [0.2, 0.25) is 5.02 Å². The van der Waals surface area contributed by atoms with Crippen molar-refractivity contribution < 1.29 is 9.53 Å². The minimum absolute atomic E-state index is 0.414. The molecule has 0 radical (unpaired) electrons. The van der Waals surface area contributed by atoms with Gasteiger partial charge in [-0.2, -0.15) is 0 Å². The maximum absolute atomic E-state index is 11.4. The van der Waals surface area contributed by atoms with Gasteiger partial charge in [0.2, 0.25) is 0 Å². The van der Waals surface area contributed by atoms with Crippen LogP contribution in [0.25, 0.3) is 0 Å². The number of hydrogen-bond acceptors (Lipinski definition) is 2. The number of ether oxygens (including phenoxy) is 1. The van der Waals surface area contributed by atoms with Crippen LogP contribution >= 0.6 is 11.6 Å². The molecule has 0 amide bonds. The first kappa shape index (κ1) is 14.6. The third-order valence-electron chi connectivity index (χ3n) is 3.43. The average Bonchev–Trinajstić information content (AvgIpc) is 2.47. The van der Waals surface area contributed by atoms with Crippen LogP contribution in [0.3, 0.4) is 0 Å². The highest BCUT2D eigenvalue weighted by molar-refractivity contribution is 6.30. The molecule has 2 aromatic carbocycles. The summed E-state index contributed by atoms with van der Waals surface area (Å²) in [6.45, 7) is 3.99. The molecule has 2 nitrogen and oxygen atoms in total. The van der Waals surface area contributed by atoms with Gasteiger partial charge in [0.05, 0.1) is 0 Å². The Bertz CT molecular complexity index is 561. The molecule has 104 valence electrons. The number of rotatable bonds is 5. The largest absolute Gasteiger partial charge is 0.482 e. The Hall–Kier alpha value is -1.80. The fourth-order valence-corrected chi connectivity index (χ4v) is 2.16. The molecule has 1 atom stereocenters. The van der Waals surface area contributed by atoms with Gasteiger partial charge in [0, 0.05) is 10.4 Å². The van der Waals surface area contributed by atoms with Crippen molar-refractivity contribution in [2.75, 3.05) is 0 Å². The van der Waals surface area contributed by atoms with Gasteiger partial charge in [0.1, 0.15) is 5.75 Å². The van der Waals surface area contributed by atoms with Gasteiger partial charge in [-0.15, -0.1) is 0 Å². The molecule has 0 aromatic heterocycles. The van der Waals surface area contributed by atoms with Gasteiger partial charge >= 0.3 is 0 Å². The third-order valence-corrected chi connectivity index (χ3v) is 3.68. The van der Waals surface area contributed by atoms with Crippen molar-refractivity contribution in [1.82, 2.24) is 0 Å². The number of hydrogen-bond donors (Lipinski definition) is 0. The zero-order valence-electron chi connectivity index (χ0n) is 11.5. The number of carbonyl (C=O) groups is 1. The second-order valence-electron chi connectivity index (χ2n) is 5.22. The molecule has 2 rings (SSSR count). The minimum Gasteiger partial charge on any atom is -0.482 e. The van der Waals surface area contributed by atoms with E-state index in [2.05, 4.69) is 0 Å². The molecule has 20 heavy (non-hydrogen) atoms. The van der Waals surface area contributed by atoms with Crippen molar-refractivity contribution >= 4 is 17.9 Å². The number of aldehydes is 1. The average molecular weight is 289 g/mol. The smallest absolute Gasteiger partial charge is 0.163 e. The molecule has 0 spiro atoms. The van der Waals surface area contributed by atoms with Crippen LogP contribution < -0.4 is 4.74 Å². The molecule has 0 saturated carbocycles. The van der Waals surface area contributed by atoms with Crippen molar-refractivity contribution in [2.45, 2.75) is 25.4 Å². The molecule has 0 aliphatic rings. The molecule has 0 heterocycles. The van der Waals surface area contributed by atoms with Crippen molar-refractivity contribution in [3.8, 4) is 5.75 Å². The minimum atomic E-state index is -0.564. The van der Waals surface area contributed by atoms with Gasteiger partial charge < -0.3 is 4.74 Å². The number of carbonyl (C=O) groups excluding carboxylic acids is 1. The summed E-state index contributed by atoms with van der Waals surface area (Å²) in [4.78, 5) is 11.4. The second kappa shape index (κ2) is 6.10. The first-order valence-corrected chi connectivity index (χ1v) is 6.85. The van der Waals surface area contributed by atoms with E-state index >= 15 is 0 Å². The first-order valence-electron chi connectivity index (χ1n) is 6.47. The van der Waals surface area contributed by atoms with Crippen LogP contribution in [0.4, 0.5) is 0 Å². The standard InChI is InChI=1S/C17H17ClO2/c1-17(2,13-6-4-3-5-7-13)16(12-19)20-15-10-8-14(18)9-11-15/h3-12,16H,1-2H3. The topological polar surface area (TPSA) is 26.3 Å². The predicted molar refractivity (Wildman–Crippen MR) is 81.4 cm³/mol. The Morgan fingerprint density at radius 2 is 1.65 bits per heavy atom. The molecule has 0 aliphatic heterocycles. The normalized spacial score (nSPS) is 12.8. The lowest BCUT2D eigenvalue weighted by Crippen LogP contribution is -2.39. The van der Waals surface area contributed by atoms with E-state index in [9.17, 15) is 4.79 Å². The highest BCUT2D eigenvalue weighted by Crippen LogP contribution is 2.29. The van der Waals surface area contributed by atoms with Crippen LogP contribution in [0.5, 0.6) is 5.75 Å². The molecule has 0 fully saturated rings. The number of benzene rings is 2. The lowest BCUT2D eigenvalue weighted by atomic mass is 9.80. The Morgan fingerprint density at radius 1 is 1.05 bits per heavy atom. The maximum atomic E-state index is 11.4. The summed E-state index contributed by atoms with van der Waals surface area (Å²) in [5.41, 5.74) is 0.647. The Labute approximate surface area is 124 Å². The Balaban J connectivity index is 2.23. The van der Waals surface area contributed by atoms with E-state index in [-0.39, 0.29) is 0 Å². The molecule has 0 bridgehead atoms. The van der Waals surface area contributed by atoms with Gasteiger partial charge in [-0.25, -0.2) is 0 Å². The molecular formula is C17H17ClO2. The highest BCUT2D eigenvalue weighted by atomic mass is 35.5. The van der Waals surface area contributed by atoms with E-state index in [1.54, 1.807) is 24.3 Å². The van der Waals surface area contributed by atoms with Gasteiger partial charge in [-0.1, -0.05) is 55.8 Å². The summed E-state index contributed by atoms with van der Waals surface area (Å²) >= 11 is 5.84. The molecule has 2 aromatic rings. The van der Waals surface area contributed by atoms with E-state index < -0.39 is 11.5 Å². The molecule has 0 saturated heterocycles. The van der Waals surface area contributed by atoms with Crippen LogP contribution in [0.15, 0.2) is 54.6 Å². The summed E-state index contributed by atoms with van der Waals surface area (Å²) in [6, 6.07) is 16.9. The molecular weight excluding hydrogens is 272 g/mol. The van der Waals surface area contributed by atoms with E-state index in [1.807, 2.05) is 44.2 Å². The predicted octanol–water partition coefficient (Wildman–Crippen LogP) is 4.26. The second-order valence-corrected chi connectivity index (χ2v) is 5.65. The summed E-state index contributed by atoms with van der Waals surface area (Å²) in [5.74, 6) is 0.635. The fraction of sp³-hybridized carbons (Fsp3) is 0.235. The van der Waals surface area contributed by atoms with E-state index in [4.69, 9.17) is 16.3 Å². The molecule has 0 N–H and O–H groups in total. The van der Waals surface area contributed by atoms with Crippen molar-refractivity contribution in [3.63, 3.8) is 0 Å². The van der Waals surface area contributed by atoms with Crippen molar-refractivity contribution in [2.24, 2.45) is 0 Å². The summed E-state index contributed by atoms with van der Waals surface area (Å²) in [7, 11) is 0. The van der Waals surface area contributed by atoms with Gasteiger partial charge in [-0.05, 0) is 29.8 Å². The maximum Gasteiger partial charge on any atom is 0.163 e. The highest BCUT2D eigenvalue weighted by Gasteiger charge is 2.32. The zero-order chi connectivity index (χ0) is 14.6. The van der Waals surface area contributed by atoms with Crippen molar-refractivity contribution in [1.29, 1.82) is 0 Å². The Morgan fingerprint density at radius 3 is 2.20 bits per heavy atom. The lowest BCUT2D eigenvalue weighted by Gasteiger charge is -2.31. The number of halogens is 1. The summed E-state index contributed by atoms with van der Waals surface area (Å²) in [6.07, 6.45) is 0.285. The molecule has 0 aliphatic carbocycles. The van der Waals surface area contributed by atoms with Gasteiger partial charge in [0.15, 0.2) is 12.4 Å².